The minimum Gasteiger partial charge on any atom is -0.398 e. The lowest BCUT2D eigenvalue weighted by Gasteiger charge is -2.06. The number of ketones is 1. The Bertz CT molecular complexity index is 773. The van der Waals surface area contributed by atoms with Crippen molar-refractivity contribution in [1.82, 2.24) is 0 Å². The second kappa shape index (κ2) is 4.52. The van der Waals surface area contributed by atoms with Gasteiger partial charge in [0.15, 0.2) is 5.78 Å². The van der Waals surface area contributed by atoms with Crippen LogP contribution in [0.2, 0.25) is 0 Å². The molecule has 0 aliphatic rings. The van der Waals surface area contributed by atoms with Crippen molar-refractivity contribution in [2.24, 2.45) is 0 Å². The van der Waals surface area contributed by atoms with Crippen molar-refractivity contribution in [3.8, 4) is 0 Å². The average Bonchev–Trinajstić information content (AvgIpc) is 2.84. The number of thiophene rings is 1. The lowest BCUT2D eigenvalue weighted by Crippen LogP contribution is -2.04. The molecule has 0 spiro atoms. The van der Waals surface area contributed by atoms with E-state index in [2.05, 4.69) is 0 Å². The summed E-state index contributed by atoms with van der Waals surface area (Å²) in [5.41, 5.74) is 7.84. The lowest BCUT2D eigenvalue weighted by atomic mass is 9.99. The van der Waals surface area contributed by atoms with Crippen molar-refractivity contribution in [1.29, 1.82) is 0 Å². The van der Waals surface area contributed by atoms with Gasteiger partial charge in [0, 0.05) is 27.1 Å². The third-order valence-corrected chi connectivity index (χ3v) is 4.02. The van der Waals surface area contributed by atoms with Gasteiger partial charge in [0.25, 0.3) is 0 Å². The molecule has 3 rings (SSSR count). The minimum atomic E-state index is -0.00685. The predicted octanol–water partition coefficient (Wildman–Crippen LogP) is 4.02. The summed E-state index contributed by atoms with van der Waals surface area (Å²) in [6.45, 7) is 1.99. The Morgan fingerprint density at radius 1 is 1.11 bits per heavy atom. The molecule has 2 nitrogen and oxygen atoms in total. The van der Waals surface area contributed by atoms with Crippen LogP contribution in [0.25, 0.3) is 10.8 Å². The van der Waals surface area contributed by atoms with Crippen molar-refractivity contribution < 1.29 is 4.79 Å². The zero-order chi connectivity index (χ0) is 13.4. The highest BCUT2D eigenvalue weighted by atomic mass is 32.1. The monoisotopic (exact) mass is 267 g/mol. The first-order chi connectivity index (χ1) is 9.15. The summed E-state index contributed by atoms with van der Waals surface area (Å²) >= 11 is 1.58. The van der Waals surface area contributed by atoms with E-state index in [1.54, 1.807) is 11.3 Å². The maximum absolute atomic E-state index is 12.5. The molecule has 0 fully saturated rings. The van der Waals surface area contributed by atoms with E-state index in [-0.39, 0.29) is 5.78 Å². The highest BCUT2D eigenvalue weighted by Gasteiger charge is 2.14. The number of nitrogen functional groups attached to an aromatic ring is 1. The van der Waals surface area contributed by atoms with Gasteiger partial charge >= 0.3 is 0 Å². The number of hydrogen-bond acceptors (Lipinski definition) is 3. The van der Waals surface area contributed by atoms with E-state index in [1.807, 2.05) is 54.8 Å². The zero-order valence-electron chi connectivity index (χ0n) is 10.5. The zero-order valence-corrected chi connectivity index (χ0v) is 11.3. The highest BCUT2D eigenvalue weighted by Crippen LogP contribution is 2.25. The van der Waals surface area contributed by atoms with Crippen molar-refractivity contribution in [3.63, 3.8) is 0 Å². The Morgan fingerprint density at radius 3 is 2.42 bits per heavy atom. The highest BCUT2D eigenvalue weighted by molar-refractivity contribution is 7.10. The van der Waals surface area contributed by atoms with Crippen LogP contribution in [-0.2, 0) is 0 Å². The number of rotatable bonds is 2. The van der Waals surface area contributed by atoms with Crippen molar-refractivity contribution in [2.45, 2.75) is 6.92 Å². The van der Waals surface area contributed by atoms with Gasteiger partial charge in [-0.2, -0.15) is 0 Å². The molecular formula is C16H13NOS. The lowest BCUT2D eigenvalue weighted by molar-refractivity contribution is 0.104. The van der Waals surface area contributed by atoms with Gasteiger partial charge in [0.05, 0.1) is 0 Å². The predicted molar refractivity (Wildman–Crippen MR) is 80.8 cm³/mol. The third kappa shape index (κ3) is 2.13. The molecule has 3 aromatic rings. The maximum Gasteiger partial charge on any atom is 0.195 e. The van der Waals surface area contributed by atoms with E-state index in [1.165, 1.54) is 0 Å². The molecule has 2 aromatic carbocycles. The molecule has 0 atom stereocenters. The third-order valence-electron chi connectivity index (χ3n) is 3.16. The molecule has 0 unspecified atom stereocenters. The molecule has 94 valence electrons. The van der Waals surface area contributed by atoms with Gasteiger partial charge in [0.2, 0.25) is 0 Å². The van der Waals surface area contributed by atoms with Gasteiger partial charge in [-0.15, -0.1) is 11.3 Å². The number of nitrogens with two attached hydrogens (primary N) is 1. The normalized spacial score (nSPS) is 10.8. The molecule has 0 aliphatic heterocycles. The fourth-order valence-electron chi connectivity index (χ4n) is 2.17. The Labute approximate surface area is 115 Å². The molecule has 1 aromatic heterocycles. The number of carbonyl (C=O) groups is 1. The molecule has 19 heavy (non-hydrogen) atoms. The van der Waals surface area contributed by atoms with Gasteiger partial charge in [0.1, 0.15) is 0 Å². The van der Waals surface area contributed by atoms with E-state index in [0.29, 0.717) is 16.8 Å². The Hall–Kier alpha value is -2.13. The molecule has 0 bridgehead atoms. The summed E-state index contributed by atoms with van der Waals surface area (Å²) in [5, 5.41) is 3.97. The SMILES string of the molecule is Cc1cc(C(=O)c2cc3ccccc3cc2N)cs1. The molecular weight excluding hydrogens is 254 g/mol. The molecule has 1 heterocycles. The van der Waals surface area contributed by atoms with Crippen LogP contribution >= 0.6 is 11.3 Å². The van der Waals surface area contributed by atoms with Crippen LogP contribution in [0.4, 0.5) is 5.69 Å². The number of fused-ring (bicyclic) bond motifs is 1. The number of anilines is 1. The standard InChI is InChI=1S/C16H13NOS/c1-10-6-13(9-19-10)16(18)14-7-11-4-2-3-5-12(11)8-15(14)17/h2-9H,17H2,1H3. The van der Waals surface area contributed by atoms with Crippen LogP contribution in [0.5, 0.6) is 0 Å². The quantitative estimate of drug-likeness (QED) is 0.563. The molecule has 0 amide bonds. The molecule has 0 radical (unpaired) electrons. The van der Waals surface area contributed by atoms with Crippen molar-refractivity contribution in [3.05, 3.63) is 63.8 Å². The van der Waals surface area contributed by atoms with Crippen LogP contribution in [-0.4, -0.2) is 5.78 Å². The van der Waals surface area contributed by atoms with Crippen molar-refractivity contribution in [2.75, 3.05) is 5.73 Å². The second-order valence-corrected chi connectivity index (χ2v) is 5.68. The first-order valence-electron chi connectivity index (χ1n) is 6.03. The Morgan fingerprint density at radius 2 is 1.79 bits per heavy atom. The fourth-order valence-corrected chi connectivity index (χ4v) is 2.86. The first kappa shape index (κ1) is 11.9. The summed E-state index contributed by atoms with van der Waals surface area (Å²) in [4.78, 5) is 13.6. The molecule has 0 saturated carbocycles. The maximum atomic E-state index is 12.5. The second-order valence-electron chi connectivity index (χ2n) is 4.56. The summed E-state index contributed by atoms with van der Waals surface area (Å²) in [6.07, 6.45) is 0. The largest absolute Gasteiger partial charge is 0.398 e. The molecule has 0 saturated heterocycles. The molecule has 2 N–H and O–H groups in total. The van der Waals surface area contributed by atoms with Crippen LogP contribution in [0.3, 0.4) is 0 Å². The molecule has 3 heteroatoms. The van der Waals surface area contributed by atoms with Crippen LogP contribution in [0.15, 0.2) is 47.8 Å². The topological polar surface area (TPSA) is 43.1 Å². The number of benzene rings is 2. The summed E-state index contributed by atoms with van der Waals surface area (Å²) < 4.78 is 0. The Balaban J connectivity index is 2.14. The van der Waals surface area contributed by atoms with Gasteiger partial charge < -0.3 is 5.73 Å². The van der Waals surface area contributed by atoms with E-state index >= 15 is 0 Å². The van der Waals surface area contributed by atoms with Crippen molar-refractivity contribution >= 4 is 33.6 Å². The summed E-state index contributed by atoms with van der Waals surface area (Å²) in [7, 11) is 0. The average molecular weight is 267 g/mol. The Kier molecular flexibility index (Phi) is 2.84. The van der Waals surface area contributed by atoms with Gasteiger partial charge in [-0.3, -0.25) is 4.79 Å². The first-order valence-corrected chi connectivity index (χ1v) is 6.91. The van der Waals surface area contributed by atoms with E-state index in [0.717, 1.165) is 15.6 Å². The number of hydrogen-bond donors (Lipinski definition) is 1. The van der Waals surface area contributed by atoms with E-state index in [4.69, 9.17) is 5.73 Å². The van der Waals surface area contributed by atoms with Crippen LogP contribution in [0.1, 0.15) is 20.8 Å². The fraction of sp³-hybridized carbons (Fsp3) is 0.0625. The van der Waals surface area contributed by atoms with Gasteiger partial charge in [-0.1, -0.05) is 24.3 Å². The summed E-state index contributed by atoms with van der Waals surface area (Å²) in [5.74, 6) is -0.00685. The number of carbonyl (C=O) groups excluding carboxylic acids is 1. The van der Waals surface area contributed by atoms with E-state index < -0.39 is 0 Å². The van der Waals surface area contributed by atoms with E-state index in [9.17, 15) is 4.79 Å². The molecule has 0 aliphatic carbocycles. The van der Waals surface area contributed by atoms with Gasteiger partial charge in [-0.05, 0) is 35.9 Å². The summed E-state index contributed by atoms with van der Waals surface area (Å²) in [6, 6.07) is 13.6. The minimum absolute atomic E-state index is 0.00685. The van der Waals surface area contributed by atoms with Crippen LogP contribution < -0.4 is 5.73 Å². The smallest absolute Gasteiger partial charge is 0.195 e. The van der Waals surface area contributed by atoms with Gasteiger partial charge in [-0.25, -0.2) is 0 Å². The number of aryl methyl sites for hydroxylation is 1. The van der Waals surface area contributed by atoms with Crippen LogP contribution in [0, 0.1) is 6.92 Å².